The number of aromatic nitrogens is 3. The molecule has 0 aliphatic rings. The number of nitrogens with zero attached hydrogens (tertiary/aromatic N) is 2. The van der Waals surface area contributed by atoms with Gasteiger partial charge in [-0.3, -0.25) is 5.10 Å². The number of H-pyrrole nitrogens is 1. The summed E-state index contributed by atoms with van der Waals surface area (Å²) in [6, 6.07) is 1.15. The third-order valence-corrected chi connectivity index (χ3v) is 4.50. The first-order valence-corrected chi connectivity index (χ1v) is 7.75. The number of carboxylic acid groups (broad SMARTS) is 1. The molecule has 9 heteroatoms. The second kappa shape index (κ2) is 5.70. The molecule has 0 amide bonds. The molecule has 3 N–H and O–H groups in total. The molecular formula is C12H16N4O4S. The minimum Gasteiger partial charge on any atom is -0.477 e. The Balaban J connectivity index is 2.23. The summed E-state index contributed by atoms with van der Waals surface area (Å²) < 4.78 is 28.2. The minimum atomic E-state index is -3.77. The zero-order valence-electron chi connectivity index (χ0n) is 11.6. The van der Waals surface area contributed by atoms with Crippen molar-refractivity contribution < 1.29 is 18.3 Å². The van der Waals surface area contributed by atoms with Crippen LogP contribution in [0, 0.1) is 6.92 Å². The lowest BCUT2D eigenvalue weighted by atomic mass is 10.3. The Labute approximate surface area is 121 Å². The molecule has 0 atom stereocenters. The molecule has 114 valence electrons. The highest BCUT2D eigenvalue weighted by Crippen LogP contribution is 2.15. The Kier molecular flexibility index (Phi) is 4.14. The van der Waals surface area contributed by atoms with Crippen LogP contribution >= 0.6 is 0 Å². The molecule has 0 fully saturated rings. The number of sulfonamides is 1. The molecule has 2 rings (SSSR count). The van der Waals surface area contributed by atoms with Crippen LogP contribution in [-0.4, -0.2) is 34.3 Å². The van der Waals surface area contributed by atoms with Gasteiger partial charge in [0.05, 0.1) is 6.20 Å². The predicted octanol–water partition coefficient (Wildman–Crippen LogP) is 0.716. The van der Waals surface area contributed by atoms with E-state index in [0.29, 0.717) is 6.54 Å². The van der Waals surface area contributed by atoms with Crippen molar-refractivity contribution in [3.63, 3.8) is 0 Å². The van der Waals surface area contributed by atoms with Gasteiger partial charge in [-0.05, 0) is 19.9 Å². The Bertz CT molecular complexity index is 760. The Morgan fingerprint density at radius 2 is 2.24 bits per heavy atom. The van der Waals surface area contributed by atoms with Crippen molar-refractivity contribution >= 4 is 16.0 Å². The van der Waals surface area contributed by atoms with Crippen molar-refractivity contribution in [2.75, 3.05) is 0 Å². The van der Waals surface area contributed by atoms with Crippen LogP contribution in [0.2, 0.25) is 0 Å². The highest BCUT2D eigenvalue weighted by molar-refractivity contribution is 7.89. The molecule has 0 aliphatic heterocycles. The maximum atomic E-state index is 12.2. The summed E-state index contributed by atoms with van der Waals surface area (Å²) in [6.45, 7) is 3.99. The van der Waals surface area contributed by atoms with Crippen molar-refractivity contribution in [1.29, 1.82) is 0 Å². The van der Waals surface area contributed by atoms with E-state index in [4.69, 9.17) is 5.11 Å². The van der Waals surface area contributed by atoms with Crippen LogP contribution in [0.1, 0.15) is 28.7 Å². The molecule has 0 bridgehead atoms. The average Bonchev–Trinajstić information content (AvgIpc) is 3.02. The van der Waals surface area contributed by atoms with Crippen molar-refractivity contribution in [2.24, 2.45) is 0 Å². The van der Waals surface area contributed by atoms with Gasteiger partial charge in [0.15, 0.2) is 0 Å². The summed E-state index contributed by atoms with van der Waals surface area (Å²) in [7, 11) is -3.77. The van der Waals surface area contributed by atoms with E-state index < -0.39 is 16.0 Å². The highest BCUT2D eigenvalue weighted by atomic mass is 32.2. The lowest BCUT2D eigenvalue weighted by Gasteiger charge is -2.04. The van der Waals surface area contributed by atoms with Gasteiger partial charge in [-0.1, -0.05) is 0 Å². The van der Waals surface area contributed by atoms with Crippen molar-refractivity contribution in [1.82, 2.24) is 19.5 Å². The topological polar surface area (TPSA) is 117 Å². The van der Waals surface area contributed by atoms with Crippen LogP contribution in [-0.2, 0) is 23.1 Å². The van der Waals surface area contributed by atoms with E-state index >= 15 is 0 Å². The number of hydrogen-bond donors (Lipinski definition) is 3. The van der Waals surface area contributed by atoms with E-state index in [1.54, 1.807) is 13.8 Å². The maximum absolute atomic E-state index is 12.2. The first-order valence-electron chi connectivity index (χ1n) is 6.27. The van der Waals surface area contributed by atoms with Gasteiger partial charge in [0.1, 0.15) is 10.6 Å². The number of nitrogens with one attached hydrogen (secondary N) is 2. The largest absolute Gasteiger partial charge is 0.477 e. The third kappa shape index (κ3) is 3.14. The molecular weight excluding hydrogens is 296 g/mol. The van der Waals surface area contributed by atoms with Crippen LogP contribution in [0.25, 0.3) is 0 Å². The number of aromatic carboxylic acids is 1. The number of aryl methyl sites for hydroxylation is 2. The minimum absolute atomic E-state index is 0.0580. The van der Waals surface area contributed by atoms with Crippen molar-refractivity contribution in [3.05, 3.63) is 35.4 Å². The summed E-state index contributed by atoms with van der Waals surface area (Å²) >= 11 is 0. The standard InChI is InChI=1S/C12H16N4O4S/c1-3-16-7-10(4-11(16)12(17)18)21(19,20)14-6-9-5-13-15-8(9)2/h4-5,7,14H,3,6H2,1-2H3,(H,13,15)(H,17,18). The van der Waals surface area contributed by atoms with Gasteiger partial charge in [-0.2, -0.15) is 5.10 Å². The van der Waals surface area contributed by atoms with Crippen LogP contribution < -0.4 is 4.72 Å². The van der Waals surface area contributed by atoms with Crippen molar-refractivity contribution in [3.8, 4) is 0 Å². The highest BCUT2D eigenvalue weighted by Gasteiger charge is 2.21. The quantitative estimate of drug-likeness (QED) is 0.726. The molecule has 0 radical (unpaired) electrons. The molecule has 0 saturated carbocycles. The van der Waals surface area contributed by atoms with Gasteiger partial charge < -0.3 is 9.67 Å². The molecule has 2 heterocycles. The van der Waals surface area contributed by atoms with Crippen LogP contribution in [0.15, 0.2) is 23.4 Å². The van der Waals surface area contributed by atoms with Crippen LogP contribution in [0.3, 0.4) is 0 Å². The number of aromatic amines is 1. The molecule has 2 aromatic rings. The summed E-state index contributed by atoms with van der Waals surface area (Å²) in [4.78, 5) is 11.0. The van der Waals surface area contributed by atoms with Gasteiger partial charge in [0.2, 0.25) is 10.0 Å². The monoisotopic (exact) mass is 312 g/mol. The fourth-order valence-corrected chi connectivity index (χ4v) is 2.93. The molecule has 0 saturated heterocycles. The average molecular weight is 312 g/mol. The van der Waals surface area contributed by atoms with Gasteiger partial charge >= 0.3 is 5.97 Å². The summed E-state index contributed by atoms with van der Waals surface area (Å²) in [5.74, 6) is -1.16. The molecule has 8 nitrogen and oxygen atoms in total. The van der Waals surface area contributed by atoms with E-state index in [0.717, 1.165) is 17.3 Å². The molecule has 0 spiro atoms. The second-order valence-electron chi connectivity index (χ2n) is 4.50. The van der Waals surface area contributed by atoms with E-state index in [1.165, 1.54) is 17.0 Å². The van der Waals surface area contributed by atoms with E-state index in [-0.39, 0.29) is 17.1 Å². The van der Waals surface area contributed by atoms with Crippen LogP contribution in [0.4, 0.5) is 0 Å². The maximum Gasteiger partial charge on any atom is 0.352 e. The molecule has 0 aliphatic carbocycles. The number of carboxylic acids is 1. The van der Waals surface area contributed by atoms with Crippen molar-refractivity contribution in [2.45, 2.75) is 31.8 Å². The Hall–Kier alpha value is -2.13. The van der Waals surface area contributed by atoms with E-state index in [2.05, 4.69) is 14.9 Å². The van der Waals surface area contributed by atoms with Gasteiger partial charge in [0, 0.05) is 30.5 Å². The Morgan fingerprint density at radius 1 is 1.52 bits per heavy atom. The summed E-state index contributed by atoms with van der Waals surface area (Å²) in [5.41, 5.74) is 1.44. The fourth-order valence-electron chi connectivity index (χ4n) is 1.88. The first kappa shape index (κ1) is 15.3. The van der Waals surface area contributed by atoms with Crippen LogP contribution in [0.5, 0.6) is 0 Å². The third-order valence-electron chi connectivity index (χ3n) is 3.13. The number of carbonyl (C=O) groups is 1. The van der Waals surface area contributed by atoms with Gasteiger partial charge in [0.25, 0.3) is 0 Å². The lowest BCUT2D eigenvalue weighted by molar-refractivity contribution is 0.0685. The first-order chi connectivity index (χ1) is 9.85. The van der Waals surface area contributed by atoms with Gasteiger partial charge in [-0.15, -0.1) is 0 Å². The summed E-state index contributed by atoms with van der Waals surface area (Å²) in [5, 5.41) is 15.6. The zero-order chi connectivity index (χ0) is 15.6. The predicted molar refractivity (Wildman–Crippen MR) is 74.4 cm³/mol. The fraction of sp³-hybridized carbons (Fsp3) is 0.333. The normalized spacial score (nSPS) is 11.7. The molecule has 21 heavy (non-hydrogen) atoms. The number of rotatable bonds is 6. The molecule has 2 aromatic heterocycles. The second-order valence-corrected chi connectivity index (χ2v) is 6.26. The molecule has 0 unspecified atom stereocenters. The van der Waals surface area contributed by atoms with E-state index in [9.17, 15) is 13.2 Å². The SMILES string of the molecule is CCn1cc(S(=O)(=O)NCc2cn[nH]c2C)cc1C(=O)O. The number of hydrogen-bond acceptors (Lipinski definition) is 4. The smallest absolute Gasteiger partial charge is 0.352 e. The molecule has 0 aromatic carbocycles. The van der Waals surface area contributed by atoms with E-state index in [1.807, 2.05) is 0 Å². The Morgan fingerprint density at radius 3 is 2.71 bits per heavy atom. The zero-order valence-corrected chi connectivity index (χ0v) is 12.4. The summed E-state index contributed by atoms with van der Waals surface area (Å²) in [6.07, 6.45) is 2.85. The lowest BCUT2D eigenvalue weighted by Crippen LogP contribution is -2.23. The van der Waals surface area contributed by atoms with Gasteiger partial charge in [-0.25, -0.2) is 17.9 Å².